The number of amides is 2. The highest BCUT2D eigenvalue weighted by Gasteiger charge is 2.24. The number of hydrogen-bond donors (Lipinski definition) is 2. The maximum absolute atomic E-state index is 12.2. The number of benzene rings is 2. The van der Waals surface area contributed by atoms with E-state index in [-0.39, 0.29) is 17.5 Å². The van der Waals surface area contributed by atoms with Crippen LogP contribution in [0.4, 0.5) is 10.5 Å². The topological polar surface area (TPSA) is 50.4 Å². The summed E-state index contributed by atoms with van der Waals surface area (Å²) >= 11 is 0. The molecule has 1 atom stereocenters. The molecular weight excluding hydrogens is 300 g/mol. The van der Waals surface area contributed by atoms with Gasteiger partial charge in [0.2, 0.25) is 0 Å². The van der Waals surface area contributed by atoms with E-state index < -0.39 is 0 Å². The van der Waals surface area contributed by atoms with Gasteiger partial charge in [-0.05, 0) is 36.5 Å². The van der Waals surface area contributed by atoms with E-state index in [4.69, 9.17) is 4.74 Å². The van der Waals surface area contributed by atoms with Crippen LogP contribution in [0.3, 0.4) is 0 Å². The van der Waals surface area contributed by atoms with E-state index in [2.05, 4.69) is 36.6 Å². The van der Waals surface area contributed by atoms with Gasteiger partial charge in [0, 0.05) is 6.04 Å². The third-order valence-corrected chi connectivity index (χ3v) is 4.10. The van der Waals surface area contributed by atoms with Crippen molar-refractivity contribution in [1.82, 2.24) is 5.32 Å². The van der Waals surface area contributed by atoms with Gasteiger partial charge in [-0.25, -0.2) is 4.79 Å². The second-order valence-corrected chi connectivity index (χ2v) is 6.65. The molecule has 0 aliphatic carbocycles. The molecule has 0 saturated carbocycles. The molecule has 0 radical (unpaired) electrons. The second-order valence-electron chi connectivity index (χ2n) is 6.65. The number of methoxy groups -OCH3 is 1. The monoisotopic (exact) mass is 326 g/mol. The van der Waals surface area contributed by atoms with Crippen LogP contribution in [0.15, 0.2) is 54.6 Å². The summed E-state index contributed by atoms with van der Waals surface area (Å²) in [6.07, 6.45) is 0.844. The first-order chi connectivity index (χ1) is 11.4. The lowest BCUT2D eigenvalue weighted by atomic mass is 9.79. The number of hydrogen-bond acceptors (Lipinski definition) is 2. The second kappa shape index (κ2) is 7.86. The Morgan fingerprint density at radius 1 is 1.08 bits per heavy atom. The SMILES string of the molecule is COc1ccccc1NC(=O)N[C@@H](C)CC(C)(C)c1ccccc1. The maximum atomic E-state index is 12.2. The summed E-state index contributed by atoms with van der Waals surface area (Å²) in [5.74, 6) is 0.643. The molecule has 0 aromatic heterocycles. The fraction of sp³-hybridized carbons (Fsp3) is 0.350. The number of urea groups is 1. The minimum Gasteiger partial charge on any atom is -0.495 e. The van der Waals surface area contributed by atoms with Crippen molar-refractivity contribution < 1.29 is 9.53 Å². The van der Waals surface area contributed by atoms with Gasteiger partial charge in [-0.2, -0.15) is 0 Å². The van der Waals surface area contributed by atoms with Gasteiger partial charge < -0.3 is 15.4 Å². The van der Waals surface area contributed by atoms with Crippen molar-refractivity contribution in [2.24, 2.45) is 0 Å². The predicted molar refractivity (Wildman–Crippen MR) is 98.7 cm³/mol. The molecule has 0 bridgehead atoms. The van der Waals surface area contributed by atoms with E-state index in [1.807, 2.05) is 49.4 Å². The van der Waals surface area contributed by atoms with Crippen LogP contribution in [-0.2, 0) is 5.41 Å². The van der Waals surface area contributed by atoms with Gasteiger partial charge in [0.25, 0.3) is 0 Å². The molecular formula is C20H26N2O2. The van der Waals surface area contributed by atoms with E-state index >= 15 is 0 Å². The van der Waals surface area contributed by atoms with Gasteiger partial charge in [-0.15, -0.1) is 0 Å². The van der Waals surface area contributed by atoms with Crippen molar-refractivity contribution in [3.63, 3.8) is 0 Å². The van der Waals surface area contributed by atoms with Crippen molar-refractivity contribution in [3.8, 4) is 5.75 Å². The lowest BCUT2D eigenvalue weighted by Gasteiger charge is -2.29. The molecule has 0 aliphatic heterocycles. The summed E-state index contributed by atoms with van der Waals surface area (Å²) in [6, 6.07) is 17.5. The number of ether oxygens (including phenoxy) is 1. The predicted octanol–water partition coefficient (Wildman–Crippen LogP) is 4.57. The molecule has 2 aromatic rings. The van der Waals surface area contributed by atoms with E-state index in [1.54, 1.807) is 7.11 Å². The molecule has 0 aliphatic rings. The summed E-state index contributed by atoms with van der Waals surface area (Å²) in [7, 11) is 1.59. The summed E-state index contributed by atoms with van der Waals surface area (Å²) < 4.78 is 5.25. The maximum Gasteiger partial charge on any atom is 0.319 e. The number of carbonyl (C=O) groups excluding carboxylic acids is 1. The van der Waals surface area contributed by atoms with Crippen molar-refractivity contribution >= 4 is 11.7 Å². The Kier molecular flexibility index (Phi) is 5.85. The number of nitrogens with one attached hydrogen (secondary N) is 2. The molecule has 0 saturated heterocycles. The first-order valence-corrected chi connectivity index (χ1v) is 8.18. The van der Waals surface area contributed by atoms with E-state index in [9.17, 15) is 4.79 Å². The molecule has 128 valence electrons. The van der Waals surface area contributed by atoms with Crippen LogP contribution in [0, 0.1) is 0 Å². The Morgan fingerprint density at radius 3 is 2.38 bits per heavy atom. The molecule has 0 unspecified atom stereocenters. The van der Waals surface area contributed by atoms with Crippen LogP contribution in [0.25, 0.3) is 0 Å². The van der Waals surface area contributed by atoms with Crippen LogP contribution >= 0.6 is 0 Å². The minimum absolute atomic E-state index is 0.0155. The average molecular weight is 326 g/mol. The Bertz CT molecular complexity index is 668. The summed E-state index contributed by atoms with van der Waals surface area (Å²) in [4.78, 5) is 12.2. The molecule has 24 heavy (non-hydrogen) atoms. The van der Waals surface area contributed by atoms with Crippen LogP contribution in [0.1, 0.15) is 32.8 Å². The third-order valence-electron chi connectivity index (χ3n) is 4.10. The number of anilines is 1. The number of rotatable bonds is 6. The molecule has 2 N–H and O–H groups in total. The molecule has 4 heteroatoms. The minimum atomic E-state index is -0.226. The fourth-order valence-electron chi connectivity index (χ4n) is 2.95. The Morgan fingerprint density at radius 2 is 1.71 bits per heavy atom. The van der Waals surface area contributed by atoms with Gasteiger partial charge in [-0.1, -0.05) is 56.3 Å². The zero-order valence-corrected chi connectivity index (χ0v) is 14.8. The van der Waals surface area contributed by atoms with Gasteiger partial charge in [-0.3, -0.25) is 0 Å². The highest BCUT2D eigenvalue weighted by molar-refractivity contribution is 5.91. The lowest BCUT2D eigenvalue weighted by molar-refractivity contribution is 0.246. The van der Waals surface area contributed by atoms with Crippen molar-refractivity contribution in [2.75, 3.05) is 12.4 Å². The summed E-state index contributed by atoms with van der Waals surface area (Å²) in [6.45, 7) is 6.41. The van der Waals surface area contributed by atoms with E-state index in [1.165, 1.54) is 5.56 Å². The standard InChI is InChI=1S/C20H26N2O2/c1-15(14-20(2,3)16-10-6-5-7-11-16)21-19(23)22-17-12-8-9-13-18(17)24-4/h5-13,15H,14H2,1-4H3,(H2,21,22,23)/t15-/m0/s1. The Balaban J connectivity index is 1.94. The van der Waals surface area contributed by atoms with Crippen LogP contribution in [-0.4, -0.2) is 19.2 Å². The molecule has 0 heterocycles. The first kappa shape index (κ1) is 17.9. The first-order valence-electron chi connectivity index (χ1n) is 8.18. The Labute approximate surface area is 144 Å². The van der Waals surface area contributed by atoms with Gasteiger partial charge >= 0.3 is 6.03 Å². The third kappa shape index (κ3) is 4.75. The van der Waals surface area contributed by atoms with Crippen molar-refractivity contribution in [2.45, 2.75) is 38.6 Å². The zero-order chi connectivity index (χ0) is 17.6. The smallest absolute Gasteiger partial charge is 0.319 e. The van der Waals surface area contributed by atoms with Crippen LogP contribution < -0.4 is 15.4 Å². The highest BCUT2D eigenvalue weighted by Crippen LogP contribution is 2.28. The van der Waals surface area contributed by atoms with E-state index in [0.29, 0.717) is 11.4 Å². The van der Waals surface area contributed by atoms with Gasteiger partial charge in [0.1, 0.15) is 5.75 Å². The Hall–Kier alpha value is -2.49. The van der Waals surface area contributed by atoms with Gasteiger partial charge in [0.05, 0.1) is 12.8 Å². The largest absolute Gasteiger partial charge is 0.495 e. The molecule has 2 aromatic carbocycles. The summed E-state index contributed by atoms with van der Waals surface area (Å²) in [5.41, 5.74) is 1.91. The number of carbonyl (C=O) groups is 1. The van der Waals surface area contributed by atoms with Crippen LogP contribution in [0.2, 0.25) is 0 Å². The zero-order valence-electron chi connectivity index (χ0n) is 14.8. The average Bonchev–Trinajstić information content (AvgIpc) is 2.55. The van der Waals surface area contributed by atoms with Crippen LogP contribution in [0.5, 0.6) is 5.75 Å². The number of para-hydroxylation sites is 2. The van der Waals surface area contributed by atoms with Crippen molar-refractivity contribution in [1.29, 1.82) is 0 Å². The molecule has 2 rings (SSSR count). The summed E-state index contributed by atoms with van der Waals surface area (Å²) in [5, 5.41) is 5.84. The van der Waals surface area contributed by atoms with Gasteiger partial charge in [0.15, 0.2) is 0 Å². The van der Waals surface area contributed by atoms with Crippen molar-refractivity contribution in [3.05, 3.63) is 60.2 Å². The van der Waals surface area contributed by atoms with E-state index in [0.717, 1.165) is 6.42 Å². The lowest BCUT2D eigenvalue weighted by Crippen LogP contribution is -2.39. The molecule has 0 fully saturated rings. The molecule has 2 amide bonds. The normalized spacial score (nSPS) is 12.3. The molecule has 0 spiro atoms. The highest BCUT2D eigenvalue weighted by atomic mass is 16.5. The molecule has 4 nitrogen and oxygen atoms in total. The quantitative estimate of drug-likeness (QED) is 0.817. The fourth-order valence-corrected chi connectivity index (χ4v) is 2.95.